The third kappa shape index (κ3) is 1.06. The summed E-state index contributed by atoms with van der Waals surface area (Å²) in [5, 5.41) is 0.596. The zero-order chi connectivity index (χ0) is 8.82. The standard InChI is InChI=1S/C7H12BrNO2S/c8-6-7(2-3-7)12(10,11)9-4-1-5-9/h1-6H2. The molecule has 1 aliphatic carbocycles. The fourth-order valence-electron chi connectivity index (χ4n) is 1.40. The first kappa shape index (κ1) is 8.97. The van der Waals surface area contributed by atoms with Gasteiger partial charge in [0, 0.05) is 18.4 Å². The van der Waals surface area contributed by atoms with Crippen molar-refractivity contribution in [3.63, 3.8) is 0 Å². The van der Waals surface area contributed by atoms with E-state index in [1.807, 2.05) is 0 Å². The molecule has 3 nitrogen and oxygen atoms in total. The van der Waals surface area contributed by atoms with Crippen LogP contribution in [0.1, 0.15) is 19.3 Å². The molecule has 1 saturated heterocycles. The van der Waals surface area contributed by atoms with Crippen molar-refractivity contribution in [2.45, 2.75) is 24.0 Å². The molecule has 12 heavy (non-hydrogen) atoms. The highest BCUT2D eigenvalue weighted by Crippen LogP contribution is 2.47. The van der Waals surface area contributed by atoms with E-state index < -0.39 is 14.8 Å². The second-order valence-corrected chi connectivity index (χ2v) is 6.47. The molecule has 2 fully saturated rings. The Morgan fingerprint density at radius 1 is 1.33 bits per heavy atom. The number of nitrogens with zero attached hydrogens (tertiary/aromatic N) is 1. The van der Waals surface area contributed by atoms with Crippen LogP contribution in [0.15, 0.2) is 0 Å². The molecule has 0 aromatic carbocycles. The summed E-state index contributed by atoms with van der Waals surface area (Å²) in [4.78, 5) is 0. The van der Waals surface area contributed by atoms with Crippen LogP contribution < -0.4 is 0 Å². The molecule has 0 N–H and O–H groups in total. The van der Waals surface area contributed by atoms with Crippen LogP contribution in [0.2, 0.25) is 0 Å². The van der Waals surface area contributed by atoms with Gasteiger partial charge in [0.05, 0.1) is 4.75 Å². The van der Waals surface area contributed by atoms with E-state index in [0.717, 1.165) is 32.4 Å². The lowest BCUT2D eigenvalue weighted by atomic mass is 10.3. The quantitative estimate of drug-likeness (QED) is 0.703. The second-order valence-electron chi connectivity index (χ2n) is 3.57. The number of rotatable bonds is 3. The average Bonchev–Trinajstić information content (AvgIpc) is 2.60. The maximum Gasteiger partial charge on any atom is 0.220 e. The van der Waals surface area contributed by atoms with Crippen molar-refractivity contribution >= 4 is 26.0 Å². The topological polar surface area (TPSA) is 37.4 Å². The van der Waals surface area contributed by atoms with Gasteiger partial charge in [0.1, 0.15) is 0 Å². The van der Waals surface area contributed by atoms with Crippen molar-refractivity contribution < 1.29 is 8.42 Å². The second kappa shape index (κ2) is 2.69. The van der Waals surface area contributed by atoms with E-state index in [-0.39, 0.29) is 0 Å². The Morgan fingerprint density at radius 3 is 2.17 bits per heavy atom. The van der Waals surface area contributed by atoms with Crippen LogP contribution in [0, 0.1) is 0 Å². The van der Waals surface area contributed by atoms with E-state index in [9.17, 15) is 8.42 Å². The van der Waals surface area contributed by atoms with E-state index in [2.05, 4.69) is 15.9 Å². The Morgan fingerprint density at radius 2 is 1.92 bits per heavy atom. The van der Waals surface area contributed by atoms with Gasteiger partial charge in [0.15, 0.2) is 0 Å². The number of sulfonamides is 1. The molecule has 2 aliphatic rings. The molecule has 0 radical (unpaired) electrons. The van der Waals surface area contributed by atoms with E-state index in [1.165, 1.54) is 0 Å². The minimum absolute atomic E-state index is 0.423. The van der Waals surface area contributed by atoms with Crippen LogP contribution in [0.4, 0.5) is 0 Å². The first-order valence-electron chi connectivity index (χ1n) is 4.18. The van der Waals surface area contributed by atoms with Gasteiger partial charge < -0.3 is 0 Å². The zero-order valence-corrected chi connectivity index (χ0v) is 9.20. The Kier molecular flexibility index (Phi) is 2.01. The van der Waals surface area contributed by atoms with Crippen LogP contribution in [-0.2, 0) is 10.0 Å². The van der Waals surface area contributed by atoms with Crippen molar-refractivity contribution in [3.8, 4) is 0 Å². The fraction of sp³-hybridized carbons (Fsp3) is 1.00. The summed E-state index contributed by atoms with van der Waals surface area (Å²) in [7, 11) is -2.95. The predicted octanol–water partition coefficient (Wildman–Crippen LogP) is 0.949. The molecule has 0 bridgehead atoms. The van der Waals surface area contributed by atoms with Crippen LogP contribution in [0.5, 0.6) is 0 Å². The number of halogens is 1. The van der Waals surface area contributed by atoms with Gasteiger partial charge in [-0.05, 0) is 19.3 Å². The summed E-state index contributed by atoms with van der Waals surface area (Å²) >= 11 is 3.28. The molecular formula is C7H12BrNO2S. The number of hydrogen-bond donors (Lipinski definition) is 0. The summed E-state index contributed by atoms with van der Waals surface area (Å²) in [6.07, 6.45) is 2.69. The molecule has 0 aromatic rings. The Labute approximate surface area is 81.3 Å². The van der Waals surface area contributed by atoms with E-state index in [4.69, 9.17) is 0 Å². The summed E-state index contributed by atoms with van der Waals surface area (Å²) in [6.45, 7) is 1.47. The largest absolute Gasteiger partial charge is 0.220 e. The SMILES string of the molecule is O=S(=O)(N1CCC1)C1(CBr)CC1. The van der Waals surface area contributed by atoms with Gasteiger partial charge in [-0.3, -0.25) is 0 Å². The van der Waals surface area contributed by atoms with Crippen LogP contribution >= 0.6 is 15.9 Å². The molecule has 1 saturated carbocycles. The van der Waals surface area contributed by atoms with Crippen molar-refractivity contribution in [1.82, 2.24) is 4.31 Å². The van der Waals surface area contributed by atoms with Crippen molar-refractivity contribution in [3.05, 3.63) is 0 Å². The number of alkyl halides is 1. The summed E-state index contributed by atoms with van der Waals surface area (Å²) < 4.78 is 24.8. The molecule has 0 spiro atoms. The lowest BCUT2D eigenvalue weighted by Gasteiger charge is -2.33. The monoisotopic (exact) mass is 253 g/mol. The first-order valence-corrected chi connectivity index (χ1v) is 6.74. The normalized spacial score (nSPS) is 28.1. The zero-order valence-electron chi connectivity index (χ0n) is 6.79. The van der Waals surface area contributed by atoms with Gasteiger partial charge in [0.25, 0.3) is 0 Å². The van der Waals surface area contributed by atoms with Gasteiger partial charge in [0.2, 0.25) is 10.0 Å². The fourth-order valence-corrected chi connectivity index (χ4v) is 4.87. The molecule has 2 rings (SSSR count). The highest BCUT2D eigenvalue weighted by Gasteiger charge is 2.56. The minimum Gasteiger partial charge on any atom is -0.212 e. The van der Waals surface area contributed by atoms with Crippen molar-refractivity contribution in [2.75, 3.05) is 18.4 Å². The van der Waals surface area contributed by atoms with Crippen LogP contribution in [0.3, 0.4) is 0 Å². The Balaban J connectivity index is 2.20. The molecule has 0 atom stereocenters. The van der Waals surface area contributed by atoms with Crippen LogP contribution in [-0.4, -0.2) is 35.9 Å². The highest BCUT2D eigenvalue weighted by molar-refractivity contribution is 9.09. The molecule has 5 heteroatoms. The molecule has 0 amide bonds. The third-order valence-corrected chi connectivity index (χ3v) is 6.89. The summed E-state index contributed by atoms with van der Waals surface area (Å²) in [5.74, 6) is 0. The van der Waals surface area contributed by atoms with Gasteiger partial charge in [-0.2, -0.15) is 0 Å². The lowest BCUT2D eigenvalue weighted by molar-refractivity contribution is 0.305. The molecular weight excluding hydrogens is 242 g/mol. The van der Waals surface area contributed by atoms with Gasteiger partial charge in [-0.15, -0.1) is 0 Å². The molecule has 0 aromatic heterocycles. The third-order valence-electron chi connectivity index (χ3n) is 2.75. The highest BCUT2D eigenvalue weighted by atomic mass is 79.9. The maximum absolute atomic E-state index is 11.8. The molecule has 1 heterocycles. The van der Waals surface area contributed by atoms with E-state index >= 15 is 0 Å². The predicted molar refractivity (Wildman–Crippen MR) is 50.9 cm³/mol. The van der Waals surface area contributed by atoms with E-state index in [0.29, 0.717) is 5.33 Å². The summed E-state index contributed by atoms with van der Waals surface area (Å²) in [5.41, 5.74) is 0. The van der Waals surface area contributed by atoms with E-state index in [1.54, 1.807) is 4.31 Å². The molecule has 70 valence electrons. The Hall–Kier alpha value is 0.390. The minimum atomic E-state index is -2.95. The maximum atomic E-state index is 11.8. The van der Waals surface area contributed by atoms with Gasteiger partial charge in [-0.1, -0.05) is 15.9 Å². The molecule has 0 unspecified atom stereocenters. The van der Waals surface area contributed by atoms with Gasteiger partial charge >= 0.3 is 0 Å². The smallest absolute Gasteiger partial charge is 0.212 e. The Bertz CT molecular complexity index is 280. The van der Waals surface area contributed by atoms with Gasteiger partial charge in [-0.25, -0.2) is 12.7 Å². The average molecular weight is 254 g/mol. The van der Waals surface area contributed by atoms with Crippen molar-refractivity contribution in [2.24, 2.45) is 0 Å². The summed E-state index contributed by atoms with van der Waals surface area (Å²) in [6, 6.07) is 0. The molecule has 1 aliphatic heterocycles. The van der Waals surface area contributed by atoms with Crippen molar-refractivity contribution in [1.29, 1.82) is 0 Å². The lowest BCUT2D eigenvalue weighted by Crippen LogP contribution is -2.48. The van der Waals surface area contributed by atoms with Crippen LogP contribution in [0.25, 0.3) is 0 Å². The first-order chi connectivity index (χ1) is 5.62. The number of hydrogen-bond acceptors (Lipinski definition) is 2.